The summed E-state index contributed by atoms with van der Waals surface area (Å²) in [6.07, 6.45) is 3.59. The van der Waals surface area contributed by atoms with Gasteiger partial charge in [-0.25, -0.2) is 15.0 Å². The fourth-order valence-electron chi connectivity index (χ4n) is 2.50. The monoisotopic (exact) mass is 284 g/mol. The molecule has 3 heterocycles. The van der Waals surface area contributed by atoms with Crippen LogP contribution in [-0.2, 0) is 6.54 Å². The zero-order valence-corrected chi connectivity index (χ0v) is 12.2. The molecule has 0 atom stereocenters. The van der Waals surface area contributed by atoms with Crippen molar-refractivity contribution in [1.82, 2.24) is 19.9 Å². The minimum Gasteiger partial charge on any atom is -0.373 e. The number of aromatic nitrogens is 3. The predicted octanol–water partition coefficient (Wildman–Crippen LogP) is 1.24. The molecule has 2 aromatic heterocycles. The molecule has 0 spiro atoms. The van der Waals surface area contributed by atoms with Crippen molar-refractivity contribution < 1.29 is 0 Å². The number of hydrogen-bond acceptors (Lipinski definition) is 6. The van der Waals surface area contributed by atoms with Gasteiger partial charge in [-0.2, -0.15) is 0 Å². The van der Waals surface area contributed by atoms with Gasteiger partial charge in [0.05, 0.1) is 5.69 Å². The highest BCUT2D eigenvalue weighted by molar-refractivity contribution is 5.34. The van der Waals surface area contributed by atoms with E-state index in [1.807, 2.05) is 25.2 Å². The molecule has 0 unspecified atom stereocenters. The Morgan fingerprint density at radius 3 is 2.52 bits per heavy atom. The third kappa shape index (κ3) is 3.46. The molecule has 1 aliphatic rings. The molecular formula is C15H20N6. The number of nitrogens with zero attached hydrogens (tertiary/aromatic N) is 5. The Labute approximate surface area is 124 Å². The maximum Gasteiger partial charge on any atom is 0.225 e. The summed E-state index contributed by atoms with van der Waals surface area (Å²) in [6, 6.07) is 7.95. The van der Waals surface area contributed by atoms with Crippen LogP contribution in [0.25, 0.3) is 0 Å². The number of nitrogens with one attached hydrogen (secondary N) is 1. The van der Waals surface area contributed by atoms with Gasteiger partial charge in [-0.1, -0.05) is 6.07 Å². The Morgan fingerprint density at radius 1 is 1.05 bits per heavy atom. The van der Waals surface area contributed by atoms with Gasteiger partial charge in [-0.3, -0.25) is 4.90 Å². The van der Waals surface area contributed by atoms with Crippen LogP contribution in [0, 0.1) is 0 Å². The fraction of sp³-hybridized carbons (Fsp3) is 0.400. The van der Waals surface area contributed by atoms with E-state index in [0.717, 1.165) is 50.2 Å². The first-order valence-corrected chi connectivity index (χ1v) is 7.23. The molecule has 3 rings (SSSR count). The quantitative estimate of drug-likeness (QED) is 0.911. The van der Waals surface area contributed by atoms with Crippen molar-refractivity contribution in [3.05, 3.63) is 42.4 Å². The van der Waals surface area contributed by atoms with Crippen LogP contribution in [0.3, 0.4) is 0 Å². The summed E-state index contributed by atoms with van der Waals surface area (Å²) in [5, 5.41) is 3.08. The molecule has 0 radical (unpaired) electrons. The Bertz CT molecular complexity index is 565. The van der Waals surface area contributed by atoms with Crippen LogP contribution in [0.1, 0.15) is 5.69 Å². The predicted molar refractivity (Wildman–Crippen MR) is 83.3 cm³/mol. The first kappa shape index (κ1) is 13.8. The molecule has 1 aliphatic heterocycles. The van der Waals surface area contributed by atoms with Gasteiger partial charge in [0.25, 0.3) is 0 Å². The van der Waals surface area contributed by atoms with Gasteiger partial charge < -0.3 is 10.2 Å². The lowest BCUT2D eigenvalue weighted by Gasteiger charge is -2.34. The third-order valence-electron chi connectivity index (χ3n) is 3.66. The lowest BCUT2D eigenvalue weighted by atomic mass is 10.2. The van der Waals surface area contributed by atoms with E-state index in [1.165, 1.54) is 0 Å². The summed E-state index contributed by atoms with van der Waals surface area (Å²) in [5.74, 6) is 1.75. The standard InChI is InChI=1S/C15H20N6/c1-16-14-5-2-4-13(19-14)12-20-8-10-21(11-9-20)15-17-6-3-7-18-15/h2-7H,8-12H2,1H3,(H,16,19). The van der Waals surface area contributed by atoms with Gasteiger partial charge >= 0.3 is 0 Å². The van der Waals surface area contributed by atoms with E-state index in [-0.39, 0.29) is 0 Å². The Hall–Kier alpha value is -2.21. The van der Waals surface area contributed by atoms with Crippen molar-refractivity contribution in [2.24, 2.45) is 0 Å². The lowest BCUT2D eigenvalue weighted by Crippen LogP contribution is -2.46. The SMILES string of the molecule is CNc1cccc(CN2CCN(c3ncccn3)CC2)n1. The van der Waals surface area contributed by atoms with Crippen LogP contribution < -0.4 is 10.2 Å². The average Bonchev–Trinajstić information content (AvgIpc) is 2.56. The summed E-state index contributed by atoms with van der Waals surface area (Å²) in [4.78, 5) is 17.8. The second-order valence-electron chi connectivity index (χ2n) is 5.08. The smallest absolute Gasteiger partial charge is 0.225 e. The highest BCUT2D eigenvalue weighted by atomic mass is 15.3. The van der Waals surface area contributed by atoms with E-state index in [1.54, 1.807) is 12.4 Å². The number of rotatable bonds is 4. The maximum absolute atomic E-state index is 4.57. The number of hydrogen-bond donors (Lipinski definition) is 1. The molecule has 0 amide bonds. The van der Waals surface area contributed by atoms with E-state index in [9.17, 15) is 0 Å². The van der Waals surface area contributed by atoms with Crippen molar-refractivity contribution in [3.8, 4) is 0 Å². The second kappa shape index (κ2) is 6.49. The van der Waals surface area contributed by atoms with Crippen LogP contribution in [-0.4, -0.2) is 53.1 Å². The summed E-state index contributed by atoms with van der Waals surface area (Å²) >= 11 is 0. The van der Waals surface area contributed by atoms with E-state index in [2.05, 4.69) is 36.1 Å². The van der Waals surface area contributed by atoms with Gasteiger partial charge in [0, 0.05) is 52.2 Å². The molecule has 1 fully saturated rings. The largest absolute Gasteiger partial charge is 0.373 e. The minimum absolute atomic E-state index is 0.826. The zero-order chi connectivity index (χ0) is 14.5. The van der Waals surface area contributed by atoms with Crippen LogP contribution in [0.4, 0.5) is 11.8 Å². The molecule has 0 aliphatic carbocycles. The van der Waals surface area contributed by atoms with Gasteiger partial charge in [-0.15, -0.1) is 0 Å². The molecule has 1 saturated heterocycles. The molecule has 0 aromatic carbocycles. The molecule has 21 heavy (non-hydrogen) atoms. The summed E-state index contributed by atoms with van der Waals surface area (Å²) in [5.41, 5.74) is 1.10. The highest BCUT2D eigenvalue weighted by Crippen LogP contribution is 2.12. The summed E-state index contributed by atoms with van der Waals surface area (Å²) in [7, 11) is 1.89. The first-order valence-electron chi connectivity index (χ1n) is 7.23. The van der Waals surface area contributed by atoms with Crippen molar-refractivity contribution in [1.29, 1.82) is 0 Å². The first-order chi connectivity index (χ1) is 10.3. The molecule has 6 nitrogen and oxygen atoms in total. The van der Waals surface area contributed by atoms with Crippen LogP contribution >= 0.6 is 0 Å². The molecule has 0 bridgehead atoms. The van der Waals surface area contributed by atoms with Gasteiger partial charge in [-0.05, 0) is 18.2 Å². The van der Waals surface area contributed by atoms with Crippen molar-refractivity contribution >= 4 is 11.8 Å². The number of anilines is 2. The Balaban J connectivity index is 1.56. The Morgan fingerprint density at radius 2 is 1.81 bits per heavy atom. The zero-order valence-electron chi connectivity index (χ0n) is 12.2. The molecule has 110 valence electrons. The molecule has 6 heteroatoms. The summed E-state index contributed by atoms with van der Waals surface area (Å²) < 4.78 is 0. The molecule has 1 N–H and O–H groups in total. The lowest BCUT2D eigenvalue weighted by molar-refractivity contribution is 0.246. The normalized spacial score (nSPS) is 16.0. The molecule has 2 aromatic rings. The van der Waals surface area contributed by atoms with E-state index in [0.29, 0.717) is 0 Å². The van der Waals surface area contributed by atoms with E-state index >= 15 is 0 Å². The average molecular weight is 284 g/mol. The Kier molecular flexibility index (Phi) is 4.25. The topological polar surface area (TPSA) is 57.2 Å². The van der Waals surface area contributed by atoms with Crippen molar-refractivity contribution in [2.75, 3.05) is 43.4 Å². The van der Waals surface area contributed by atoms with Crippen molar-refractivity contribution in [3.63, 3.8) is 0 Å². The highest BCUT2D eigenvalue weighted by Gasteiger charge is 2.18. The maximum atomic E-state index is 4.57. The molecular weight excluding hydrogens is 264 g/mol. The van der Waals surface area contributed by atoms with E-state index < -0.39 is 0 Å². The fourth-order valence-corrected chi connectivity index (χ4v) is 2.50. The third-order valence-corrected chi connectivity index (χ3v) is 3.66. The van der Waals surface area contributed by atoms with Crippen LogP contribution in [0.5, 0.6) is 0 Å². The number of pyridine rings is 1. The van der Waals surface area contributed by atoms with Crippen LogP contribution in [0.2, 0.25) is 0 Å². The van der Waals surface area contributed by atoms with E-state index in [4.69, 9.17) is 0 Å². The minimum atomic E-state index is 0.826. The number of piperazine rings is 1. The van der Waals surface area contributed by atoms with Crippen LogP contribution in [0.15, 0.2) is 36.7 Å². The van der Waals surface area contributed by atoms with Gasteiger partial charge in [0.15, 0.2) is 0 Å². The van der Waals surface area contributed by atoms with Gasteiger partial charge in [0.1, 0.15) is 5.82 Å². The molecule has 0 saturated carbocycles. The summed E-state index contributed by atoms with van der Waals surface area (Å²) in [6.45, 7) is 4.80. The second-order valence-corrected chi connectivity index (χ2v) is 5.08. The van der Waals surface area contributed by atoms with Gasteiger partial charge in [0.2, 0.25) is 5.95 Å². The van der Waals surface area contributed by atoms with Crippen molar-refractivity contribution in [2.45, 2.75) is 6.54 Å².